The second-order valence-corrected chi connectivity index (χ2v) is 5.58. The molecule has 1 heterocycles. The van der Waals surface area contributed by atoms with Crippen molar-refractivity contribution >= 4 is 0 Å². The van der Waals surface area contributed by atoms with E-state index in [0.29, 0.717) is 17.4 Å². The van der Waals surface area contributed by atoms with Crippen molar-refractivity contribution in [3.63, 3.8) is 0 Å². The van der Waals surface area contributed by atoms with Gasteiger partial charge >= 0.3 is 0 Å². The standard InChI is InChI=1S/C16H23N3O/c1-13-11-18(2)7-4-8-19(13)12-14-5-6-15(10-17)16(9-14)20-3/h5-6,9,13H,4,7-8,11-12H2,1-3H3. The van der Waals surface area contributed by atoms with E-state index in [1.807, 2.05) is 18.2 Å². The molecule has 4 heteroatoms. The van der Waals surface area contributed by atoms with Gasteiger partial charge in [-0.05, 0) is 44.6 Å². The number of rotatable bonds is 3. The Morgan fingerprint density at radius 1 is 1.40 bits per heavy atom. The Morgan fingerprint density at radius 3 is 2.90 bits per heavy atom. The van der Waals surface area contributed by atoms with Crippen molar-refractivity contribution in [1.29, 1.82) is 5.26 Å². The van der Waals surface area contributed by atoms with Crippen molar-refractivity contribution in [3.8, 4) is 11.8 Å². The molecule has 0 saturated carbocycles. The Balaban J connectivity index is 2.11. The normalized spacial score (nSPS) is 21.2. The number of benzene rings is 1. The largest absolute Gasteiger partial charge is 0.495 e. The van der Waals surface area contributed by atoms with Crippen LogP contribution in [0.1, 0.15) is 24.5 Å². The van der Waals surface area contributed by atoms with Crippen LogP contribution in [0.5, 0.6) is 5.75 Å². The van der Waals surface area contributed by atoms with Crippen LogP contribution in [0.3, 0.4) is 0 Å². The molecule has 1 aliphatic heterocycles. The fourth-order valence-electron chi connectivity index (χ4n) is 2.82. The molecule has 1 saturated heterocycles. The van der Waals surface area contributed by atoms with Gasteiger partial charge in [0.2, 0.25) is 0 Å². The maximum atomic E-state index is 9.02. The molecule has 0 bridgehead atoms. The molecule has 1 aromatic carbocycles. The van der Waals surface area contributed by atoms with E-state index in [1.165, 1.54) is 12.0 Å². The Hall–Kier alpha value is -1.57. The number of hydrogen-bond donors (Lipinski definition) is 0. The average molecular weight is 273 g/mol. The van der Waals surface area contributed by atoms with Crippen LogP contribution in [-0.4, -0.2) is 49.6 Å². The van der Waals surface area contributed by atoms with Crippen molar-refractivity contribution in [3.05, 3.63) is 29.3 Å². The van der Waals surface area contributed by atoms with Crippen LogP contribution in [0.15, 0.2) is 18.2 Å². The maximum absolute atomic E-state index is 9.02. The number of nitriles is 1. The summed E-state index contributed by atoms with van der Waals surface area (Å²) >= 11 is 0. The van der Waals surface area contributed by atoms with Crippen LogP contribution in [0.4, 0.5) is 0 Å². The fourth-order valence-corrected chi connectivity index (χ4v) is 2.82. The molecule has 0 spiro atoms. The summed E-state index contributed by atoms with van der Waals surface area (Å²) in [6, 6.07) is 8.57. The lowest BCUT2D eigenvalue weighted by molar-refractivity contribution is 0.194. The highest BCUT2D eigenvalue weighted by atomic mass is 16.5. The summed E-state index contributed by atoms with van der Waals surface area (Å²) in [4.78, 5) is 4.90. The molecule has 0 N–H and O–H groups in total. The number of ether oxygens (including phenoxy) is 1. The quantitative estimate of drug-likeness (QED) is 0.845. The molecule has 1 atom stereocenters. The molecule has 0 radical (unpaired) electrons. The molecule has 0 amide bonds. The monoisotopic (exact) mass is 273 g/mol. The molecular formula is C16H23N3O. The predicted octanol–water partition coefficient (Wildman–Crippen LogP) is 2.09. The zero-order chi connectivity index (χ0) is 14.5. The predicted molar refractivity (Wildman–Crippen MR) is 79.7 cm³/mol. The first kappa shape index (κ1) is 14.8. The zero-order valence-electron chi connectivity index (χ0n) is 12.6. The smallest absolute Gasteiger partial charge is 0.136 e. The molecule has 4 nitrogen and oxygen atoms in total. The molecule has 0 aromatic heterocycles. The Labute approximate surface area is 121 Å². The highest BCUT2D eigenvalue weighted by Gasteiger charge is 2.19. The van der Waals surface area contributed by atoms with E-state index in [1.54, 1.807) is 7.11 Å². The average Bonchev–Trinajstić information content (AvgIpc) is 2.60. The van der Waals surface area contributed by atoms with Crippen molar-refractivity contribution in [2.24, 2.45) is 0 Å². The highest BCUT2D eigenvalue weighted by Crippen LogP contribution is 2.21. The van der Waals surface area contributed by atoms with E-state index in [2.05, 4.69) is 29.8 Å². The minimum absolute atomic E-state index is 0.545. The Morgan fingerprint density at radius 2 is 2.20 bits per heavy atom. The third-order valence-electron chi connectivity index (χ3n) is 3.96. The van der Waals surface area contributed by atoms with Crippen molar-refractivity contribution in [2.75, 3.05) is 33.8 Å². The van der Waals surface area contributed by atoms with Crippen LogP contribution in [0.25, 0.3) is 0 Å². The molecule has 108 valence electrons. The minimum Gasteiger partial charge on any atom is -0.495 e. The SMILES string of the molecule is COc1cc(CN2CCCN(C)CC2C)ccc1C#N. The van der Waals surface area contributed by atoms with E-state index in [9.17, 15) is 0 Å². The maximum Gasteiger partial charge on any atom is 0.136 e. The second-order valence-electron chi connectivity index (χ2n) is 5.58. The minimum atomic E-state index is 0.545. The Bertz CT molecular complexity index is 495. The summed E-state index contributed by atoms with van der Waals surface area (Å²) in [6.45, 7) is 6.58. The van der Waals surface area contributed by atoms with Gasteiger partial charge in [0.25, 0.3) is 0 Å². The molecule has 1 unspecified atom stereocenters. The summed E-state index contributed by atoms with van der Waals surface area (Å²) in [7, 11) is 3.80. The van der Waals surface area contributed by atoms with Crippen LogP contribution in [-0.2, 0) is 6.54 Å². The molecule has 2 rings (SSSR count). The lowest BCUT2D eigenvalue weighted by Gasteiger charge is -2.28. The Kier molecular flexibility index (Phi) is 4.99. The first-order valence-electron chi connectivity index (χ1n) is 7.13. The van der Waals surface area contributed by atoms with Gasteiger partial charge in [0, 0.05) is 25.7 Å². The summed E-state index contributed by atoms with van der Waals surface area (Å²) in [5.41, 5.74) is 1.80. The summed E-state index contributed by atoms with van der Waals surface area (Å²) in [5.74, 6) is 0.671. The van der Waals surface area contributed by atoms with Crippen LogP contribution >= 0.6 is 0 Å². The summed E-state index contributed by atoms with van der Waals surface area (Å²) < 4.78 is 5.29. The van der Waals surface area contributed by atoms with E-state index >= 15 is 0 Å². The highest BCUT2D eigenvalue weighted by molar-refractivity contribution is 5.45. The fraction of sp³-hybridized carbons (Fsp3) is 0.562. The van der Waals surface area contributed by atoms with Gasteiger partial charge in [-0.15, -0.1) is 0 Å². The molecule has 0 aliphatic carbocycles. The van der Waals surface area contributed by atoms with Crippen LogP contribution in [0.2, 0.25) is 0 Å². The molecule has 1 aliphatic rings. The van der Waals surface area contributed by atoms with Crippen molar-refractivity contribution in [2.45, 2.75) is 25.9 Å². The van der Waals surface area contributed by atoms with Crippen molar-refractivity contribution < 1.29 is 4.74 Å². The zero-order valence-corrected chi connectivity index (χ0v) is 12.6. The molecule has 20 heavy (non-hydrogen) atoms. The lowest BCUT2D eigenvalue weighted by Crippen LogP contribution is -2.37. The van der Waals surface area contributed by atoms with Crippen LogP contribution < -0.4 is 4.74 Å². The van der Waals surface area contributed by atoms with E-state index in [-0.39, 0.29) is 0 Å². The first-order valence-corrected chi connectivity index (χ1v) is 7.13. The second kappa shape index (κ2) is 6.74. The lowest BCUT2D eigenvalue weighted by atomic mass is 10.1. The number of likely N-dealkylation sites (N-methyl/N-ethyl adjacent to an activating group) is 1. The third kappa shape index (κ3) is 3.50. The van der Waals surface area contributed by atoms with Gasteiger partial charge in [-0.2, -0.15) is 5.26 Å². The molecular weight excluding hydrogens is 250 g/mol. The van der Waals surface area contributed by atoms with Gasteiger partial charge < -0.3 is 9.64 Å². The van der Waals surface area contributed by atoms with Gasteiger partial charge in [-0.25, -0.2) is 0 Å². The number of hydrogen-bond acceptors (Lipinski definition) is 4. The van der Waals surface area contributed by atoms with Gasteiger partial charge in [-0.3, -0.25) is 4.90 Å². The molecule has 1 fully saturated rings. The van der Waals surface area contributed by atoms with E-state index in [0.717, 1.165) is 26.2 Å². The molecule has 1 aromatic rings. The third-order valence-corrected chi connectivity index (χ3v) is 3.96. The first-order chi connectivity index (χ1) is 9.63. The summed E-state index contributed by atoms with van der Waals surface area (Å²) in [6.07, 6.45) is 1.20. The van der Waals surface area contributed by atoms with Gasteiger partial charge in [0.05, 0.1) is 12.7 Å². The number of methoxy groups -OCH3 is 1. The van der Waals surface area contributed by atoms with Gasteiger partial charge in [0.1, 0.15) is 11.8 Å². The van der Waals surface area contributed by atoms with Crippen molar-refractivity contribution in [1.82, 2.24) is 9.80 Å². The van der Waals surface area contributed by atoms with Crippen LogP contribution in [0, 0.1) is 11.3 Å². The summed E-state index contributed by atoms with van der Waals surface area (Å²) in [5, 5.41) is 9.02. The van der Waals surface area contributed by atoms with Gasteiger partial charge in [0.15, 0.2) is 0 Å². The number of nitrogens with zero attached hydrogens (tertiary/aromatic N) is 3. The topological polar surface area (TPSA) is 39.5 Å². The van der Waals surface area contributed by atoms with E-state index < -0.39 is 0 Å². The van der Waals surface area contributed by atoms with Gasteiger partial charge in [-0.1, -0.05) is 6.07 Å². The van der Waals surface area contributed by atoms with E-state index in [4.69, 9.17) is 10.00 Å².